The van der Waals surface area contributed by atoms with Crippen molar-refractivity contribution in [2.75, 3.05) is 0 Å². The van der Waals surface area contributed by atoms with E-state index in [1.165, 1.54) is 5.56 Å². The van der Waals surface area contributed by atoms with Crippen LogP contribution in [0.4, 0.5) is 0 Å². The Morgan fingerprint density at radius 1 is 0.533 bits per heavy atom. The molecule has 0 aliphatic carbocycles. The summed E-state index contributed by atoms with van der Waals surface area (Å²) in [5.74, 6) is 1.92. The first kappa shape index (κ1) is 47.2. The number of rotatable bonds is 10. The van der Waals surface area contributed by atoms with Crippen molar-refractivity contribution in [3.63, 3.8) is 0 Å². The van der Waals surface area contributed by atoms with Gasteiger partial charge in [-0.25, -0.2) is 4.98 Å². The van der Waals surface area contributed by atoms with Crippen LogP contribution >= 0.6 is 0 Å². The van der Waals surface area contributed by atoms with E-state index in [4.69, 9.17) is 14.1 Å². The zero-order valence-electron chi connectivity index (χ0n) is 41.4. The molecule has 0 fully saturated rings. The minimum absolute atomic E-state index is 0. The van der Waals surface area contributed by atoms with Crippen molar-refractivity contribution in [1.82, 2.24) is 14.0 Å². The Morgan fingerprint density at radius 2 is 1.08 bits per heavy atom. The molecule has 0 saturated carbocycles. The summed E-state index contributed by atoms with van der Waals surface area (Å²) in [6.45, 7) is 6.67. The Kier molecular flexibility index (Phi) is 12.3. The van der Waals surface area contributed by atoms with E-state index < -0.39 is 0 Å². The van der Waals surface area contributed by atoms with E-state index in [1.807, 2.05) is 34.9 Å². The van der Waals surface area contributed by atoms with E-state index in [0.717, 1.165) is 100 Å². The van der Waals surface area contributed by atoms with Crippen LogP contribution in [0.25, 0.3) is 106 Å². The largest absolute Gasteiger partial charge is 0.503 e. The van der Waals surface area contributed by atoms with Gasteiger partial charge >= 0.3 is 0 Å². The standard InChI is InChI=1S/C68H48N4O2.Pt/c1-68(2,3)51-39-40-69-63(42-51)72-60-36-17-16-31-58(60)59-38-37-53(43-61(59)72)74-52-30-18-29-50(41-52)62-44-73-67-66(64-54(46-21-8-4-9-22-46)32-19-33-55(64)47-23-10-5-11-24-47)71(45-70(62)67)65-56(48-25-12-6-13-26-48)34-20-35-57(65)49-27-14-7-15-28-49;/h4-40,42,44H,1-3H3;/q-2;. The molecule has 0 atom stereocenters. The summed E-state index contributed by atoms with van der Waals surface area (Å²) in [4.78, 5) is 4.88. The molecule has 7 heteroatoms. The molecular weight excluding hydrogens is 1100 g/mol. The maximum absolute atomic E-state index is 6.92. The van der Waals surface area contributed by atoms with Crippen molar-refractivity contribution in [3.8, 4) is 90.0 Å². The van der Waals surface area contributed by atoms with Gasteiger partial charge in [0.25, 0.3) is 6.33 Å². The molecule has 6 nitrogen and oxygen atoms in total. The topological polar surface area (TPSA) is 48.5 Å². The molecule has 0 amide bonds. The van der Waals surface area contributed by atoms with Crippen LogP contribution in [0.2, 0.25) is 0 Å². The SMILES string of the molecule is CC(C)(C)c1ccnc(-n2c3[c-]c(Oc4[c-]c(-c5coc6c(-c7c(-c8ccccc8)cccc7-c7ccccc7)[n+](-c7c(-c8ccccc8)cccc7-c7ccccc7)[c-]n56)ccc4)ccc3c3ccccc32)c1.[Pt]. The quantitative estimate of drug-likeness (QED) is 0.101. The number of imidazole rings is 1. The molecular formula is C68H48N4O2Pt-2. The number of benzene rings is 9. The molecule has 0 N–H and O–H groups in total. The molecule has 0 aliphatic heterocycles. The second kappa shape index (κ2) is 19.5. The fourth-order valence-electron chi connectivity index (χ4n) is 10.4. The maximum atomic E-state index is 6.92. The number of hydrogen-bond donors (Lipinski definition) is 0. The normalized spacial score (nSPS) is 11.6. The van der Waals surface area contributed by atoms with Gasteiger partial charge in [-0.1, -0.05) is 214 Å². The number of aromatic nitrogens is 4. The summed E-state index contributed by atoms with van der Waals surface area (Å²) < 4.78 is 20.1. The van der Waals surface area contributed by atoms with Crippen LogP contribution in [0.1, 0.15) is 26.3 Å². The van der Waals surface area contributed by atoms with E-state index in [0.29, 0.717) is 17.2 Å². The number of fused-ring (bicyclic) bond motifs is 4. The van der Waals surface area contributed by atoms with Crippen LogP contribution in [-0.2, 0) is 26.5 Å². The van der Waals surface area contributed by atoms with Gasteiger partial charge in [0.2, 0.25) is 5.71 Å². The molecule has 13 rings (SSSR count). The van der Waals surface area contributed by atoms with Crippen molar-refractivity contribution < 1.29 is 34.8 Å². The number of para-hydroxylation sites is 2. The number of oxazole rings is 1. The summed E-state index contributed by atoms with van der Waals surface area (Å²) in [6.07, 6.45) is 7.60. The molecule has 0 unspecified atom stereocenters. The summed E-state index contributed by atoms with van der Waals surface area (Å²) in [6, 6.07) is 85.5. The second-order valence-corrected chi connectivity index (χ2v) is 19.6. The van der Waals surface area contributed by atoms with Gasteiger partial charge in [-0.3, -0.25) is 8.97 Å². The fourth-order valence-corrected chi connectivity index (χ4v) is 10.4. The molecule has 0 aliphatic rings. The zero-order valence-corrected chi connectivity index (χ0v) is 43.7. The van der Waals surface area contributed by atoms with Crippen molar-refractivity contribution >= 4 is 27.5 Å². The minimum atomic E-state index is -0.0500. The number of nitrogens with zero attached hydrogens (tertiary/aromatic N) is 4. The van der Waals surface area contributed by atoms with Crippen LogP contribution in [0.3, 0.4) is 0 Å². The smallest absolute Gasteiger partial charge is 0.272 e. The Morgan fingerprint density at radius 3 is 1.69 bits per heavy atom. The molecule has 0 radical (unpaired) electrons. The Labute approximate surface area is 450 Å². The molecule has 4 heterocycles. The molecule has 0 bridgehead atoms. The van der Waals surface area contributed by atoms with Gasteiger partial charge in [-0.2, -0.15) is 6.07 Å². The average Bonchev–Trinajstić information content (AvgIpc) is 4.18. The van der Waals surface area contributed by atoms with Crippen molar-refractivity contribution in [1.29, 1.82) is 0 Å². The fraction of sp³-hybridized carbons (Fsp3) is 0.0588. The maximum Gasteiger partial charge on any atom is 0.272 e. The van der Waals surface area contributed by atoms with Gasteiger partial charge in [-0.05, 0) is 79.1 Å². The summed E-state index contributed by atoms with van der Waals surface area (Å²) >= 11 is 0. The minimum Gasteiger partial charge on any atom is -0.503 e. The molecule has 0 spiro atoms. The van der Waals surface area contributed by atoms with Gasteiger partial charge in [0, 0.05) is 49.8 Å². The first-order chi connectivity index (χ1) is 36.4. The van der Waals surface area contributed by atoms with E-state index in [9.17, 15) is 0 Å². The van der Waals surface area contributed by atoms with Crippen LogP contribution in [0.5, 0.6) is 11.5 Å². The summed E-state index contributed by atoms with van der Waals surface area (Å²) in [7, 11) is 0. The third-order valence-electron chi connectivity index (χ3n) is 13.9. The van der Waals surface area contributed by atoms with Gasteiger partial charge in [0.15, 0.2) is 0 Å². The zero-order chi connectivity index (χ0) is 49.8. The monoisotopic (exact) mass is 1150 g/mol. The first-order valence-corrected chi connectivity index (χ1v) is 24.9. The Bertz CT molecular complexity index is 4080. The molecule has 4 aromatic heterocycles. The van der Waals surface area contributed by atoms with Gasteiger partial charge in [0.05, 0.1) is 17.6 Å². The van der Waals surface area contributed by atoms with Crippen molar-refractivity contribution in [2.45, 2.75) is 26.2 Å². The predicted molar refractivity (Wildman–Crippen MR) is 298 cm³/mol. The predicted octanol–water partition coefficient (Wildman–Crippen LogP) is 16.8. The van der Waals surface area contributed by atoms with Crippen LogP contribution < -0.4 is 9.30 Å². The second-order valence-electron chi connectivity index (χ2n) is 19.6. The van der Waals surface area contributed by atoms with Crippen LogP contribution in [0.15, 0.2) is 241 Å². The van der Waals surface area contributed by atoms with E-state index in [-0.39, 0.29) is 26.5 Å². The van der Waals surface area contributed by atoms with Crippen LogP contribution in [0, 0.1) is 18.5 Å². The van der Waals surface area contributed by atoms with E-state index in [2.05, 4.69) is 249 Å². The van der Waals surface area contributed by atoms with Crippen molar-refractivity contribution in [3.05, 3.63) is 261 Å². The summed E-state index contributed by atoms with van der Waals surface area (Å²) in [5, 5.41) is 2.19. The van der Waals surface area contributed by atoms with Crippen LogP contribution in [-0.4, -0.2) is 14.0 Å². The number of ether oxygens (including phenoxy) is 1. The number of pyridine rings is 1. The van der Waals surface area contributed by atoms with Gasteiger partial charge in [-0.15, -0.1) is 35.7 Å². The van der Waals surface area contributed by atoms with E-state index in [1.54, 1.807) is 6.26 Å². The third-order valence-corrected chi connectivity index (χ3v) is 13.9. The van der Waals surface area contributed by atoms with Crippen molar-refractivity contribution in [2.24, 2.45) is 0 Å². The van der Waals surface area contributed by atoms with Gasteiger partial charge < -0.3 is 13.7 Å². The molecule has 75 heavy (non-hydrogen) atoms. The Balaban J connectivity index is 0.00000569. The molecule has 0 saturated heterocycles. The Hall–Kier alpha value is -8.83. The molecule has 9 aromatic carbocycles. The molecule has 364 valence electrons. The van der Waals surface area contributed by atoms with E-state index >= 15 is 0 Å². The summed E-state index contributed by atoms with van der Waals surface area (Å²) in [5.41, 5.74) is 16.6. The first-order valence-electron chi connectivity index (χ1n) is 24.9. The van der Waals surface area contributed by atoms with Gasteiger partial charge in [0.1, 0.15) is 11.5 Å². The number of hydrogen-bond acceptors (Lipinski definition) is 3. The molecule has 13 aromatic rings. The third kappa shape index (κ3) is 8.57. The average molecular weight is 1150 g/mol.